The molecule has 0 unspecified atom stereocenters. The number of aromatic nitrogens is 2. The van der Waals surface area contributed by atoms with E-state index in [1.54, 1.807) is 0 Å². The SMILES string of the molecule is CNCc1cnc(N2CCSCC2)nc1C. The summed E-state index contributed by atoms with van der Waals surface area (Å²) in [4.78, 5) is 11.3. The minimum absolute atomic E-state index is 0.835. The van der Waals surface area contributed by atoms with Gasteiger partial charge in [-0.05, 0) is 14.0 Å². The fourth-order valence-corrected chi connectivity index (χ4v) is 2.66. The van der Waals surface area contributed by atoms with Gasteiger partial charge >= 0.3 is 0 Å². The lowest BCUT2D eigenvalue weighted by molar-refractivity contribution is 0.774. The van der Waals surface area contributed by atoms with Gasteiger partial charge in [0.2, 0.25) is 5.95 Å². The Hall–Kier alpha value is -0.810. The number of nitrogens with zero attached hydrogens (tertiary/aromatic N) is 3. The van der Waals surface area contributed by atoms with Gasteiger partial charge in [-0.3, -0.25) is 0 Å². The van der Waals surface area contributed by atoms with E-state index in [4.69, 9.17) is 0 Å². The van der Waals surface area contributed by atoms with Crippen molar-refractivity contribution in [3.63, 3.8) is 0 Å². The summed E-state index contributed by atoms with van der Waals surface area (Å²) in [5, 5.41) is 3.13. The van der Waals surface area contributed by atoms with E-state index in [1.807, 2.05) is 25.0 Å². The van der Waals surface area contributed by atoms with Crippen molar-refractivity contribution in [2.75, 3.05) is 36.5 Å². The van der Waals surface area contributed by atoms with Gasteiger partial charge < -0.3 is 10.2 Å². The number of thioether (sulfide) groups is 1. The maximum Gasteiger partial charge on any atom is 0.225 e. The molecule has 4 nitrogen and oxygen atoms in total. The highest BCUT2D eigenvalue weighted by molar-refractivity contribution is 7.99. The summed E-state index contributed by atoms with van der Waals surface area (Å²) in [6.45, 7) is 5.02. The number of hydrogen-bond donors (Lipinski definition) is 1. The van der Waals surface area contributed by atoms with E-state index in [0.717, 1.165) is 31.3 Å². The topological polar surface area (TPSA) is 41.1 Å². The second-order valence-electron chi connectivity index (χ2n) is 3.91. The predicted octanol–water partition coefficient (Wildman–Crippen LogP) is 1.06. The van der Waals surface area contributed by atoms with Crippen LogP contribution in [0.2, 0.25) is 0 Å². The van der Waals surface area contributed by atoms with Crippen LogP contribution in [-0.4, -0.2) is 41.6 Å². The van der Waals surface area contributed by atoms with Gasteiger partial charge in [0.25, 0.3) is 0 Å². The standard InChI is InChI=1S/C11H18N4S/c1-9-10(7-12-2)8-13-11(14-9)15-3-5-16-6-4-15/h8,12H,3-7H2,1-2H3. The molecular weight excluding hydrogens is 220 g/mol. The number of nitrogens with one attached hydrogen (secondary N) is 1. The van der Waals surface area contributed by atoms with Crippen LogP contribution in [0.5, 0.6) is 0 Å². The van der Waals surface area contributed by atoms with Crippen LogP contribution in [0, 0.1) is 6.92 Å². The number of rotatable bonds is 3. The first kappa shape index (κ1) is 11.7. The number of hydrogen-bond acceptors (Lipinski definition) is 5. The van der Waals surface area contributed by atoms with E-state index >= 15 is 0 Å². The summed E-state index contributed by atoms with van der Waals surface area (Å²) in [5.74, 6) is 3.25. The van der Waals surface area contributed by atoms with Crippen molar-refractivity contribution < 1.29 is 0 Å². The fourth-order valence-electron chi connectivity index (χ4n) is 1.76. The van der Waals surface area contributed by atoms with Crippen molar-refractivity contribution in [3.05, 3.63) is 17.5 Å². The summed E-state index contributed by atoms with van der Waals surface area (Å²) in [6.07, 6.45) is 1.94. The third-order valence-corrected chi connectivity index (χ3v) is 3.67. The molecule has 1 aliphatic heterocycles. The molecule has 0 radical (unpaired) electrons. The highest BCUT2D eigenvalue weighted by Crippen LogP contribution is 2.16. The van der Waals surface area contributed by atoms with Crippen molar-refractivity contribution in [3.8, 4) is 0 Å². The molecule has 1 saturated heterocycles. The number of anilines is 1. The molecule has 0 atom stereocenters. The highest BCUT2D eigenvalue weighted by Gasteiger charge is 2.14. The largest absolute Gasteiger partial charge is 0.339 e. The van der Waals surface area contributed by atoms with Crippen LogP contribution in [0.1, 0.15) is 11.3 Å². The molecule has 0 aliphatic carbocycles. The monoisotopic (exact) mass is 238 g/mol. The molecule has 1 aromatic heterocycles. The summed E-state index contributed by atoms with van der Waals surface area (Å²) in [7, 11) is 1.94. The van der Waals surface area contributed by atoms with Crippen LogP contribution < -0.4 is 10.2 Å². The average Bonchev–Trinajstić information content (AvgIpc) is 2.33. The molecule has 0 aromatic carbocycles. The molecule has 1 aliphatic rings. The van der Waals surface area contributed by atoms with Crippen molar-refractivity contribution in [2.24, 2.45) is 0 Å². The van der Waals surface area contributed by atoms with Gasteiger partial charge in [0.1, 0.15) is 0 Å². The quantitative estimate of drug-likeness (QED) is 0.852. The maximum atomic E-state index is 4.58. The predicted molar refractivity (Wildman–Crippen MR) is 69.1 cm³/mol. The maximum absolute atomic E-state index is 4.58. The van der Waals surface area contributed by atoms with E-state index < -0.39 is 0 Å². The van der Waals surface area contributed by atoms with Gasteiger partial charge in [-0.15, -0.1) is 0 Å². The molecule has 1 N–H and O–H groups in total. The van der Waals surface area contributed by atoms with Crippen LogP contribution in [0.4, 0.5) is 5.95 Å². The summed E-state index contributed by atoms with van der Waals surface area (Å²) < 4.78 is 0. The molecule has 2 heterocycles. The van der Waals surface area contributed by atoms with E-state index in [-0.39, 0.29) is 0 Å². The molecule has 88 valence electrons. The summed E-state index contributed by atoms with van der Waals surface area (Å²) in [5.41, 5.74) is 2.26. The summed E-state index contributed by atoms with van der Waals surface area (Å²) >= 11 is 2.00. The lowest BCUT2D eigenvalue weighted by atomic mass is 10.2. The number of aryl methyl sites for hydroxylation is 1. The summed E-state index contributed by atoms with van der Waals surface area (Å²) in [6, 6.07) is 0. The molecule has 0 spiro atoms. The first-order chi connectivity index (χ1) is 7.81. The zero-order valence-corrected chi connectivity index (χ0v) is 10.7. The molecule has 1 aromatic rings. The average molecular weight is 238 g/mol. The van der Waals surface area contributed by atoms with Gasteiger partial charge in [0.15, 0.2) is 0 Å². The lowest BCUT2D eigenvalue weighted by Gasteiger charge is -2.26. The Labute approximate surface area is 101 Å². The third-order valence-electron chi connectivity index (χ3n) is 2.73. The van der Waals surface area contributed by atoms with Crippen LogP contribution in [0.25, 0.3) is 0 Å². The molecule has 5 heteroatoms. The van der Waals surface area contributed by atoms with Gasteiger partial charge in [-0.25, -0.2) is 9.97 Å². The van der Waals surface area contributed by atoms with Gasteiger partial charge in [0.05, 0.1) is 0 Å². The molecule has 0 bridgehead atoms. The highest BCUT2D eigenvalue weighted by atomic mass is 32.2. The zero-order valence-electron chi connectivity index (χ0n) is 9.86. The Morgan fingerprint density at radius 3 is 2.81 bits per heavy atom. The molecule has 0 amide bonds. The molecule has 2 rings (SSSR count). The fraction of sp³-hybridized carbons (Fsp3) is 0.636. The van der Waals surface area contributed by atoms with Crippen LogP contribution in [0.3, 0.4) is 0 Å². The minimum atomic E-state index is 0.835. The van der Waals surface area contributed by atoms with E-state index in [9.17, 15) is 0 Å². The van der Waals surface area contributed by atoms with Gasteiger partial charge in [0, 0.05) is 48.6 Å². The molecule has 0 saturated carbocycles. The second-order valence-corrected chi connectivity index (χ2v) is 5.14. The van der Waals surface area contributed by atoms with Crippen molar-refractivity contribution in [1.29, 1.82) is 0 Å². The lowest BCUT2D eigenvalue weighted by Crippen LogP contribution is -2.34. The van der Waals surface area contributed by atoms with Crippen LogP contribution in [-0.2, 0) is 6.54 Å². The zero-order chi connectivity index (χ0) is 11.4. The Kier molecular flexibility index (Phi) is 4.01. The smallest absolute Gasteiger partial charge is 0.225 e. The van der Waals surface area contributed by atoms with Crippen LogP contribution >= 0.6 is 11.8 Å². The Morgan fingerprint density at radius 2 is 2.19 bits per heavy atom. The third kappa shape index (κ3) is 2.65. The van der Waals surface area contributed by atoms with Gasteiger partial charge in [-0.1, -0.05) is 0 Å². The minimum Gasteiger partial charge on any atom is -0.339 e. The first-order valence-corrected chi connectivity index (χ1v) is 6.76. The van der Waals surface area contributed by atoms with Gasteiger partial charge in [-0.2, -0.15) is 11.8 Å². The normalized spacial score (nSPS) is 16.5. The van der Waals surface area contributed by atoms with Crippen molar-refractivity contribution in [2.45, 2.75) is 13.5 Å². The van der Waals surface area contributed by atoms with Crippen molar-refractivity contribution in [1.82, 2.24) is 15.3 Å². The molecule has 16 heavy (non-hydrogen) atoms. The first-order valence-electron chi connectivity index (χ1n) is 5.61. The molecular formula is C11H18N4S. The molecule has 1 fully saturated rings. The van der Waals surface area contributed by atoms with E-state index in [0.29, 0.717) is 0 Å². The van der Waals surface area contributed by atoms with Crippen LogP contribution in [0.15, 0.2) is 6.20 Å². The van der Waals surface area contributed by atoms with Crippen molar-refractivity contribution >= 4 is 17.7 Å². The Bertz CT molecular complexity index is 350. The van der Waals surface area contributed by atoms with E-state index in [1.165, 1.54) is 17.1 Å². The Balaban J connectivity index is 2.13. The Morgan fingerprint density at radius 1 is 1.44 bits per heavy atom. The second kappa shape index (κ2) is 5.50. The van der Waals surface area contributed by atoms with E-state index in [2.05, 4.69) is 27.1 Å².